The van der Waals surface area contributed by atoms with Gasteiger partial charge >= 0.3 is 5.97 Å². The van der Waals surface area contributed by atoms with Gasteiger partial charge in [-0.25, -0.2) is 0 Å². The lowest BCUT2D eigenvalue weighted by Crippen LogP contribution is -2.30. The quantitative estimate of drug-likeness (QED) is 0.792. The lowest BCUT2D eigenvalue weighted by molar-refractivity contribution is -0.153. The van der Waals surface area contributed by atoms with Gasteiger partial charge in [0.05, 0.1) is 13.0 Å². The lowest BCUT2D eigenvalue weighted by Gasteiger charge is -2.14. The van der Waals surface area contributed by atoms with Crippen LogP contribution in [-0.4, -0.2) is 24.6 Å². The van der Waals surface area contributed by atoms with Crippen LogP contribution in [0.25, 0.3) is 0 Å². The zero-order chi connectivity index (χ0) is 17.4. The zero-order valence-corrected chi connectivity index (χ0v) is 13.8. The Kier molecular flexibility index (Phi) is 6.37. The molecular weight excluding hydrogens is 306 g/mol. The van der Waals surface area contributed by atoms with Crippen molar-refractivity contribution in [2.45, 2.75) is 26.4 Å². The van der Waals surface area contributed by atoms with Gasteiger partial charge in [0.25, 0.3) is 5.91 Å². The SMILES string of the molecule is Cc1ccccc1OCCC(=O)OC(C)C(=O)Nc1ccccc1. The highest BCUT2D eigenvalue weighted by Gasteiger charge is 2.17. The van der Waals surface area contributed by atoms with Crippen molar-refractivity contribution in [3.63, 3.8) is 0 Å². The molecular formula is C19H21NO4. The maximum absolute atomic E-state index is 12.0. The minimum absolute atomic E-state index is 0.0806. The van der Waals surface area contributed by atoms with Gasteiger partial charge in [0.15, 0.2) is 6.10 Å². The van der Waals surface area contributed by atoms with Crippen LogP contribution in [-0.2, 0) is 14.3 Å². The van der Waals surface area contributed by atoms with Crippen molar-refractivity contribution in [1.29, 1.82) is 0 Å². The first-order valence-corrected chi connectivity index (χ1v) is 7.80. The molecule has 0 radical (unpaired) electrons. The van der Waals surface area contributed by atoms with Crippen LogP contribution in [0.5, 0.6) is 5.75 Å². The van der Waals surface area contributed by atoms with E-state index in [9.17, 15) is 9.59 Å². The van der Waals surface area contributed by atoms with Crippen molar-refractivity contribution >= 4 is 17.6 Å². The van der Waals surface area contributed by atoms with Crippen molar-refractivity contribution in [2.75, 3.05) is 11.9 Å². The Hall–Kier alpha value is -2.82. The summed E-state index contributed by atoms with van der Waals surface area (Å²) < 4.78 is 10.7. The normalized spacial score (nSPS) is 11.4. The molecule has 1 amide bonds. The molecule has 2 aromatic carbocycles. The first kappa shape index (κ1) is 17.5. The molecule has 1 unspecified atom stereocenters. The van der Waals surface area contributed by atoms with E-state index in [1.807, 2.05) is 49.4 Å². The minimum atomic E-state index is -0.865. The van der Waals surface area contributed by atoms with Crippen molar-refractivity contribution in [1.82, 2.24) is 0 Å². The summed E-state index contributed by atoms with van der Waals surface area (Å²) in [6.45, 7) is 3.68. The molecule has 5 heteroatoms. The Morgan fingerprint density at radius 3 is 2.42 bits per heavy atom. The molecule has 0 heterocycles. The fourth-order valence-electron chi connectivity index (χ4n) is 2.04. The first-order chi connectivity index (χ1) is 11.6. The predicted molar refractivity (Wildman–Crippen MR) is 91.9 cm³/mol. The van der Waals surface area contributed by atoms with Crippen molar-refractivity contribution < 1.29 is 19.1 Å². The number of rotatable bonds is 7. The number of benzene rings is 2. The number of hydrogen-bond donors (Lipinski definition) is 1. The average Bonchev–Trinajstić information content (AvgIpc) is 2.57. The second kappa shape index (κ2) is 8.72. The highest BCUT2D eigenvalue weighted by molar-refractivity contribution is 5.95. The molecule has 2 aromatic rings. The van der Waals surface area contributed by atoms with Gasteiger partial charge in [-0.1, -0.05) is 36.4 Å². The second-order valence-electron chi connectivity index (χ2n) is 5.35. The van der Waals surface area contributed by atoms with Gasteiger partial charge in [0.1, 0.15) is 5.75 Å². The van der Waals surface area contributed by atoms with Gasteiger partial charge in [-0.2, -0.15) is 0 Å². The Morgan fingerprint density at radius 2 is 1.71 bits per heavy atom. The molecule has 126 valence electrons. The molecule has 24 heavy (non-hydrogen) atoms. The molecule has 1 N–H and O–H groups in total. The Morgan fingerprint density at radius 1 is 1.04 bits per heavy atom. The maximum atomic E-state index is 12.0. The van der Waals surface area contributed by atoms with Crippen LogP contribution < -0.4 is 10.1 Å². The molecule has 0 aliphatic rings. The van der Waals surface area contributed by atoms with Crippen molar-refractivity contribution in [3.05, 3.63) is 60.2 Å². The van der Waals surface area contributed by atoms with Crippen molar-refractivity contribution in [3.8, 4) is 5.75 Å². The van der Waals surface area contributed by atoms with Gasteiger partial charge < -0.3 is 14.8 Å². The summed E-state index contributed by atoms with van der Waals surface area (Å²) in [5.74, 6) is -0.103. The molecule has 0 aromatic heterocycles. The smallest absolute Gasteiger partial charge is 0.310 e. The molecule has 0 aliphatic heterocycles. The summed E-state index contributed by atoms with van der Waals surface area (Å²) in [7, 11) is 0. The van der Waals surface area contributed by atoms with Crippen LogP contribution in [0.2, 0.25) is 0 Å². The third-order valence-electron chi connectivity index (χ3n) is 3.38. The van der Waals surface area contributed by atoms with Gasteiger partial charge in [0, 0.05) is 5.69 Å². The number of para-hydroxylation sites is 2. The van der Waals surface area contributed by atoms with Crippen LogP contribution in [0.15, 0.2) is 54.6 Å². The molecule has 0 fully saturated rings. The number of carbonyl (C=O) groups is 2. The summed E-state index contributed by atoms with van der Waals surface area (Å²) in [6, 6.07) is 16.6. The van der Waals surface area contributed by atoms with Gasteiger partial charge in [-0.05, 0) is 37.6 Å². The van der Waals surface area contributed by atoms with E-state index in [1.165, 1.54) is 0 Å². The van der Waals surface area contributed by atoms with E-state index in [0.717, 1.165) is 11.3 Å². The fraction of sp³-hybridized carbons (Fsp3) is 0.263. The summed E-state index contributed by atoms with van der Waals surface area (Å²) >= 11 is 0. The predicted octanol–water partition coefficient (Wildman–Crippen LogP) is 3.33. The summed E-state index contributed by atoms with van der Waals surface area (Å²) in [5.41, 5.74) is 1.66. The number of esters is 1. The number of hydrogen-bond acceptors (Lipinski definition) is 4. The van der Waals surface area contributed by atoms with Gasteiger partial charge in [-0.15, -0.1) is 0 Å². The molecule has 0 spiro atoms. The number of aryl methyl sites for hydroxylation is 1. The van der Waals surface area contributed by atoms with E-state index in [1.54, 1.807) is 19.1 Å². The summed E-state index contributed by atoms with van der Waals surface area (Å²) in [6.07, 6.45) is -0.784. The van der Waals surface area contributed by atoms with E-state index in [4.69, 9.17) is 9.47 Å². The number of amides is 1. The van der Waals surface area contributed by atoms with Crippen LogP contribution in [0, 0.1) is 6.92 Å². The maximum Gasteiger partial charge on any atom is 0.310 e. The van der Waals surface area contributed by atoms with Crippen LogP contribution in [0.1, 0.15) is 18.9 Å². The monoisotopic (exact) mass is 327 g/mol. The van der Waals surface area contributed by atoms with Crippen molar-refractivity contribution in [2.24, 2.45) is 0 Å². The Labute approximate surface area is 141 Å². The Balaban J connectivity index is 1.73. The highest BCUT2D eigenvalue weighted by atomic mass is 16.5. The zero-order valence-electron chi connectivity index (χ0n) is 13.8. The largest absolute Gasteiger partial charge is 0.493 e. The van der Waals surface area contributed by atoms with Crippen LogP contribution in [0.4, 0.5) is 5.69 Å². The first-order valence-electron chi connectivity index (χ1n) is 7.80. The molecule has 0 aliphatic carbocycles. The molecule has 1 atom stereocenters. The topological polar surface area (TPSA) is 64.6 Å². The number of carbonyl (C=O) groups excluding carboxylic acids is 2. The number of ether oxygens (including phenoxy) is 2. The van der Waals surface area contributed by atoms with Gasteiger partial charge in [-0.3, -0.25) is 9.59 Å². The van der Waals surface area contributed by atoms with Crippen LogP contribution in [0.3, 0.4) is 0 Å². The number of anilines is 1. The fourth-order valence-corrected chi connectivity index (χ4v) is 2.04. The van der Waals surface area contributed by atoms with Crippen LogP contribution >= 0.6 is 0 Å². The third-order valence-corrected chi connectivity index (χ3v) is 3.38. The lowest BCUT2D eigenvalue weighted by atomic mass is 10.2. The average molecular weight is 327 g/mol. The standard InChI is InChI=1S/C19H21NO4/c1-14-8-6-7-11-17(14)23-13-12-18(21)24-15(2)19(22)20-16-9-4-3-5-10-16/h3-11,15H,12-13H2,1-2H3,(H,20,22). The van der Waals surface area contributed by atoms with E-state index in [-0.39, 0.29) is 18.9 Å². The molecule has 0 bridgehead atoms. The molecule has 2 rings (SSSR count). The number of nitrogens with one attached hydrogen (secondary N) is 1. The van der Waals surface area contributed by atoms with E-state index in [2.05, 4.69) is 5.32 Å². The molecule has 0 saturated carbocycles. The Bertz CT molecular complexity index is 685. The van der Waals surface area contributed by atoms with E-state index in [0.29, 0.717) is 5.69 Å². The van der Waals surface area contributed by atoms with Gasteiger partial charge in [0.2, 0.25) is 0 Å². The second-order valence-corrected chi connectivity index (χ2v) is 5.35. The van der Waals surface area contributed by atoms with E-state index >= 15 is 0 Å². The molecule has 0 saturated heterocycles. The molecule has 5 nitrogen and oxygen atoms in total. The summed E-state index contributed by atoms with van der Waals surface area (Å²) in [5, 5.41) is 2.69. The minimum Gasteiger partial charge on any atom is -0.493 e. The third kappa shape index (κ3) is 5.43. The highest BCUT2D eigenvalue weighted by Crippen LogP contribution is 2.16. The van der Waals surface area contributed by atoms with E-state index < -0.39 is 12.1 Å². The summed E-state index contributed by atoms with van der Waals surface area (Å²) in [4.78, 5) is 23.8.